The van der Waals surface area contributed by atoms with E-state index < -0.39 is 29.1 Å². The molecule has 0 spiro atoms. The lowest BCUT2D eigenvalue weighted by Gasteiger charge is -2.21. The number of amides is 3. The standard InChI is InChI=1S/C16H19ClFN3O5/c17-11-5-10(6-12(18)7-11)8-20-14(24)16(26)1-3-21(15(16)25)9-13(23)19-2-4-22/h5-7,22,26H,1-4,8-9H2,(H,19,23)(H,20,24). The van der Waals surface area contributed by atoms with Crippen LogP contribution in [0.25, 0.3) is 0 Å². The Labute approximate surface area is 153 Å². The van der Waals surface area contributed by atoms with Crippen LogP contribution in [0.4, 0.5) is 4.39 Å². The van der Waals surface area contributed by atoms with Crippen LogP contribution in [0.2, 0.25) is 5.02 Å². The molecule has 1 heterocycles. The van der Waals surface area contributed by atoms with Crippen molar-refractivity contribution in [1.82, 2.24) is 15.5 Å². The van der Waals surface area contributed by atoms with E-state index in [0.717, 1.165) is 11.0 Å². The predicted octanol–water partition coefficient (Wildman–Crippen LogP) is -0.833. The maximum Gasteiger partial charge on any atom is 0.264 e. The average Bonchev–Trinajstić information content (AvgIpc) is 2.86. The summed E-state index contributed by atoms with van der Waals surface area (Å²) in [6, 6.07) is 3.73. The molecular formula is C16H19ClFN3O5. The summed E-state index contributed by atoms with van der Waals surface area (Å²) in [5, 5.41) is 24.0. The van der Waals surface area contributed by atoms with Gasteiger partial charge >= 0.3 is 0 Å². The van der Waals surface area contributed by atoms with Gasteiger partial charge < -0.3 is 25.7 Å². The number of hydrogen-bond donors (Lipinski definition) is 4. The number of nitrogens with one attached hydrogen (secondary N) is 2. The number of aliphatic hydroxyl groups is 2. The molecule has 1 unspecified atom stereocenters. The van der Waals surface area contributed by atoms with E-state index >= 15 is 0 Å². The van der Waals surface area contributed by atoms with Crippen molar-refractivity contribution in [3.63, 3.8) is 0 Å². The molecule has 3 amide bonds. The van der Waals surface area contributed by atoms with Crippen LogP contribution in [0, 0.1) is 5.82 Å². The molecule has 4 N–H and O–H groups in total. The second kappa shape index (κ2) is 8.43. The second-order valence-electron chi connectivity index (χ2n) is 5.87. The summed E-state index contributed by atoms with van der Waals surface area (Å²) in [5.41, 5.74) is -1.91. The third-order valence-electron chi connectivity index (χ3n) is 3.90. The van der Waals surface area contributed by atoms with Gasteiger partial charge in [0.1, 0.15) is 5.82 Å². The summed E-state index contributed by atoms with van der Waals surface area (Å²) < 4.78 is 13.3. The van der Waals surface area contributed by atoms with E-state index in [1.165, 1.54) is 12.1 Å². The molecule has 2 rings (SSSR count). The summed E-state index contributed by atoms with van der Waals surface area (Å²) >= 11 is 5.73. The van der Waals surface area contributed by atoms with Crippen molar-refractivity contribution >= 4 is 29.3 Å². The Kier molecular flexibility index (Phi) is 6.52. The largest absolute Gasteiger partial charge is 0.395 e. The van der Waals surface area contributed by atoms with Crippen LogP contribution >= 0.6 is 11.6 Å². The molecule has 1 aromatic carbocycles. The van der Waals surface area contributed by atoms with E-state index in [9.17, 15) is 23.9 Å². The van der Waals surface area contributed by atoms with Crippen molar-refractivity contribution in [2.75, 3.05) is 26.2 Å². The van der Waals surface area contributed by atoms with E-state index in [1.807, 2.05) is 0 Å². The number of hydrogen-bond acceptors (Lipinski definition) is 5. The smallest absolute Gasteiger partial charge is 0.264 e. The Balaban J connectivity index is 1.95. The molecule has 0 bridgehead atoms. The molecule has 10 heteroatoms. The van der Waals surface area contributed by atoms with Crippen LogP contribution in [0.3, 0.4) is 0 Å². The lowest BCUT2D eigenvalue weighted by atomic mass is 10.0. The van der Waals surface area contributed by atoms with Crippen molar-refractivity contribution in [3.8, 4) is 0 Å². The molecule has 1 aromatic rings. The Morgan fingerprint density at radius 2 is 2.04 bits per heavy atom. The summed E-state index contributed by atoms with van der Waals surface area (Å²) in [4.78, 5) is 37.2. The Morgan fingerprint density at radius 3 is 2.69 bits per heavy atom. The molecule has 1 aliphatic rings. The zero-order chi connectivity index (χ0) is 19.3. The van der Waals surface area contributed by atoms with E-state index in [-0.39, 0.29) is 44.2 Å². The van der Waals surface area contributed by atoms with Gasteiger partial charge in [-0.2, -0.15) is 0 Å². The first-order chi connectivity index (χ1) is 12.3. The number of likely N-dealkylation sites (tertiary alicyclic amines) is 1. The minimum absolute atomic E-state index is 0.0289. The van der Waals surface area contributed by atoms with Crippen LogP contribution in [-0.4, -0.2) is 64.7 Å². The zero-order valence-corrected chi connectivity index (χ0v) is 14.6. The first kappa shape index (κ1) is 20.1. The number of nitrogens with zero attached hydrogens (tertiary/aromatic N) is 1. The van der Waals surface area contributed by atoms with Crippen LogP contribution in [0.5, 0.6) is 0 Å². The van der Waals surface area contributed by atoms with Gasteiger partial charge in [0.25, 0.3) is 11.8 Å². The molecule has 26 heavy (non-hydrogen) atoms. The highest BCUT2D eigenvalue weighted by atomic mass is 35.5. The SMILES string of the molecule is O=C(CN1CCC(O)(C(=O)NCc2cc(F)cc(Cl)c2)C1=O)NCCO. The summed E-state index contributed by atoms with van der Waals surface area (Å²) in [6.45, 7) is -0.615. The fourth-order valence-corrected chi connectivity index (χ4v) is 2.84. The van der Waals surface area contributed by atoms with Gasteiger partial charge in [0.05, 0.1) is 13.2 Å². The second-order valence-corrected chi connectivity index (χ2v) is 6.31. The highest BCUT2D eigenvalue weighted by Crippen LogP contribution is 2.23. The fourth-order valence-electron chi connectivity index (χ4n) is 2.59. The molecule has 0 saturated carbocycles. The van der Waals surface area contributed by atoms with E-state index in [0.29, 0.717) is 5.56 Å². The van der Waals surface area contributed by atoms with Crippen molar-refractivity contribution in [2.24, 2.45) is 0 Å². The maximum atomic E-state index is 13.3. The van der Waals surface area contributed by atoms with Crippen molar-refractivity contribution in [1.29, 1.82) is 0 Å². The van der Waals surface area contributed by atoms with Gasteiger partial charge in [-0.25, -0.2) is 4.39 Å². The quantitative estimate of drug-likeness (QED) is 0.455. The van der Waals surface area contributed by atoms with Gasteiger partial charge in [0, 0.05) is 31.1 Å². The van der Waals surface area contributed by atoms with Crippen molar-refractivity contribution in [3.05, 3.63) is 34.6 Å². The molecule has 8 nitrogen and oxygen atoms in total. The van der Waals surface area contributed by atoms with Gasteiger partial charge in [0.2, 0.25) is 11.5 Å². The Bertz CT molecular complexity index is 697. The third kappa shape index (κ3) is 4.69. The first-order valence-electron chi connectivity index (χ1n) is 7.89. The topological polar surface area (TPSA) is 119 Å². The molecule has 1 fully saturated rings. The van der Waals surface area contributed by atoms with E-state index in [4.69, 9.17) is 16.7 Å². The highest BCUT2D eigenvalue weighted by molar-refractivity contribution is 6.30. The third-order valence-corrected chi connectivity index (χ3v) is 4.12. The molecule has 0 aliphatic carbocycles. The van der Waals surface area contributed by atoms with Crippen LogP contribution < -0.4 is 10.6 Å². The maximum absolute atomic E-state index is 13.3. The van der Waals surface area contributed by atoms with Gasteiger partial charge in [-0.05, 0) is 23.8 Å². The number of aliphatic hydroxyl groups excluding tert-OH is 1. The predicted molar refractivity (Wildman–Crippen MR) is 89.5 cm³/mol. The number of halogens is 2. The van der Waals surface area contributed by atoms with Gasteiger partial charge in [-0.1, -0.05) is 11.6 Å². The Morgan fingerprint density at radius 1 is 1.31 bits per heavy atom. The van der Waals surface area contributed by atoms with Crippen molar-refractivity contribution in [2.45, 2.75) is 18.6 Å². The molecule has 142 valence electrons. The number of carbonyl (C=O) groups excluding carboxylic acids is 3. The van der Waals surface area contributed by atoms with E-state index in [2.05, 4.69) is 10.6 Å². The van der Waals surface area contributed by atoms with Gasteiger partial charge in [-0.15, -0.1) is 0 Å². The number of rotatable bonds is 7. The van der Waals surface area contributed by atoms with Crippen LogP contribution in [0.15, 0.2) is 18.2 Å². The molecule has 0 aromatic heterocycles. The summed E-state index contributed by atoms with van der Waals surface area (Å²) in [5.74, 6) is -2.89. The van der Waals surface area contributed by atoms with Gasteiger partial charge in [0.15, 0.2) is 0 Å². The normalized spacial score (nSPS) is 19.5. The molecule has 1 atom stereocenters. The van der Waals surface area contributed by atoms with E-state index in [1.54, 1.807) is 0 Å². The first-order valence-corrected chi connectivity index (χ1v) is 8.26. The molecule has 1 aliphatic heterocycles. The van der Waals surface area contributed by atoms with Gasteiger partial charge in [-0.3, -0.25) is 14.4 Å². The minimum Gasteiger partial charge on any atom is -0.395 e. The molecule has 1 saturated heterocycles. The Hall–Kier alpha value is -2.23. The molecule has 0 radical (unpaired) electrons. The highest BCUT2D eigenvalue weighted by Gasteiger charge is 2.51. The minimum atomic E-state index is -2.28. The zero-order valence-electron chi connectivity index (χ0n) is 13.8. The number of benzene rings is 1. The van der Waals surface area contributed by atoms with Crippen LogP contribution in [-0.2, 0) is 20.9 Å². The average molecular weight is 388 g/mol. The number of carbonyl (C=O) groups is 3. The van der Waals surface area contributed by atoms with Crippen molar-refractivity contribution < 1.29 is 29.0 Å². The fraction of sp³-hybridized carbons (Fsp3) is 0.438. The van der Waals surface area contributed by atoms with Crippen LogP contribution in [0.1, 0.15) is 12.0 Å². The summed E-state index contributed by atoms with van der Waals surface area (Å²) in [7, 11) is 0. The monoisotopic (exact) mass is 387 g/mol. The molecular weight excluding hydrogens is 369 g/mol. The lowest BCUT2D eigenvalue weighted by molar-refractivity contribution is -0.155. The summed E-state index contributed by atoms with van der Waals surface area (Å²) in [6.07, 6.45) is -0.172. The lowest BCUT2D eigenvalue weighted by Crippen LogP contribution is -2.53.